The van der Waals surface area contributed by atoms with E-state index in [0.717, 1.165) is 30.5 Å². The molecule has 0 amide bonds. The highest BCUT2D eigenvalue weighted by Gasteiger charge is 2.03. The fourth-order valence-corrected chi connectivity index (χ4v) is 2.86. The first-order valence-corrected chi connectivity index (χ1v) is 7.88. The highest BCUT2D eigenvalue weighted by Crippen LogP contribution is 2.14. The Morgan fingerprint density at radius 3 is 2.69 bits per heavy atom. The molecule has 0 unspecified atom stereocenters. The van der Waals surface area contributed by atoms with Crippen LogP contribution in [-0.2, 0) is 15.6 Å². The third-order valence-corrected chi connectivity index (χ3v) is 4.19. The van der Waals surface area contributed by atoms with Gasteiger partial charge in [-0.15, -0.1) is 0 Å². The molecule has 0 atom stereocenters. The van der Waals surface area contributed by atoms with Crippen molar-refractivity contribution in [2.45, 2.75) is 19.3 Å². The van der Waals surface area contributed by atoms with Crippen LogP contribution in [0.3, 0.4) is 0 Å². The molecule has 1 aromatic rings. The van der Waals surface area contributed by atoms with Crippen LogP contribution in [0, 0.1) is 0 Å². The molecule has 16 heavy (non-hydrogen) atoms. The van der Waals surface area contributed by atoms with Gasteiger partial charge in [-0.1, -0.05) is 12.1 Å². The molecular weight excluding hydrogens is 246 g/mol. The Labute approximate surface area is 99.4 Å². The number of benzene rings is 1. The van der Waals surface area contributed by atoms with E-state index in [1.807, 2.05) is 24.3 Å². The molecule has 0 aliphatic rings. The molecule has 0 aliphatic heterocycles. The van der Waals surface area contributed by atoms with Crippen molar-refractivity contribution in [3.05, 3.63) is 29.8 Å². The van der Waals surface area contributed by atoms with Gasteiger partial charge in [-0.25, -0.2) is 0 Å². The highest BCUT2D eigenvalue weighted by atomic mass is 33.1. The van der Waals surface area contributed by atoms with Gasteiger partial charge in [0.2, 0.25) is 0 Å². The molecule has 0 radical (unpaired) electrons. The van der Waals surface area contributed by atoms with Gasteiger partial charge in [0.05, 0.1) is 0 Å². The Morgan fingerprint density at radius 1 is 1.31 bits per heavy atom. The van der Waals surface area contributed by atoms with E-state index in [9.17, 15) is 8.42 Å². The van der Waals surface area contributed by atoms with Crippen molar-refractivity contribution in [3.8, 4) is 0 Å². The summed E-state index contributed by atoms with van der Waals surface area (Å²) in [6.45, 7) is 0. The first kappa shape index (κ1) is 13.3. The van der Waals surface area contributed by atoms with Crippen LogP contribution in [-0.4, -0.2) is 18.7 Å². The van der Waals surface area contributed by atoms with Gasteiger partial charge >= 0.3 is 9.15 Å². The van der Waals surface area contributed by atoms with E-state index in [0.29, 0.717) is 16.5 Å². The number of rotatable bonds is 6. The third-order valence-electron chi connectivity index (χ3n) is 2.04. The summed E-state index contributed by atoms with van der Waals surface area (Å²) in [6.07, 6.45) is 2.50. The van der Waals surface area contributed by atoms with E-state index >= 15 is 0 Å². The van der Waals surface area contributed by atoms with Crippen molar-refractivity contribution in [1.82, 2.24) is 0 Å². The Kier molecular flexibility index (Phi) is 5.11. The maximum absolute atomic E-state index is 10.4. The molecule has 0 spiro atoms. The molecule has 90 valence electrons. The molecule has 4 nitrogen and oxygen atoms in total. The van der Waals surface area contributed by atoms with Crippen LogP contribution in [0.15, 0.2) is 24.3 Å². The van der Waals surface area contributed by atoms with Crippen LogP contribution in [0.1, 0.15) is 18.4 Å². The van der Waals surface area contributed by atoms with E-state index in [1.54, 1.807) is 0 Å². The lowest BCUT2D eigenvalue weighted by atomic mass is 10.1. The average Bonchev–Trinajstić information content (AvgIpc) is 2.15. The van der Waals surface area contributed by atoms with Gasteiger partial charge in [-0.3, -0.25) is 4.55 Å². The van der Waals surface area contributed by atoms with Gasteiger partial charge in [0.25, 0.3) is 0 Å². The Bertz CT molecular complexity index is 431. The molecule has 0 bridgehead atoms. The fourth-order valence-electron chi connectivity index (χ4n) is 1.34. The van der Waals surface area contributed by atoms with Crippen molar-refractivity contribution < 1.29 is 13.0 Å². The quantitative estimate of drug-likeness (QED) is 0.355. The molecule has 6 heteroatoms. The van der Waals surface area contributed by atoms with Crippen LogP contribution in [0.5, 0.6) is 0 Å². The van der Waals surface area contributed by atoms with Crippen LogP contribution in [0.4, 0.5) is 5.69 Å². The number of aryl methyl sites for hydroxylation is 1. The second-order valence-electron chi connectivity index (χ2n) is 3.45. The second kappa shape index (κ2) is 6.12. The number of nitrogens with two attached hydrogens (primary N) is 1. The molecule has 0 saturated heterocycles. The lowest BCUT2D eigenvalue weighted by Gasteiger charge is -2.02. The second-order valence-corrected chi connectivity index (χ2v) is 6.92. The van der Waals surface area contributed by atoms with Gasteiger partial charge in [0.15, 0.2) is 0 Å². The fraction of sp³-hybridized carbons (Fsp3) is 0.400. The molecule has 1 aromatic carbocycles. The molecule has 0 aliphatic carbocycles. The van der Waals surface area contributed by atoms with E-state index in [-0.39, 0.29) is 0 Å². The topological polar surface area (TPSA) is 80.4 Å². The largest absolute Gasteiger partial charge is 0.399 e. The summed E-state index contributed by atoms with van der Waals surface area (Å²) in [5.74, 6) is 0.418. The summed E-state index contributed by atoms with van der Waals surface area (Å²) < 4.78 is 29.3. The minimum absolute atomic E-state index is 0.418. The van der Waals surface area contributed by atoms with Gasteiger partial charge < -0.3 is 5.73 Å². The van der Waals surface area contributed by atoms with Crippen molar-refractivity contribution in [1.29, 1.82) is 0 Å². The first-order valence-electron chi connectivity index (χ1n) is 4.93. The summed E-state index contributed by atoms with van der Waals surface area (Å²) in [7, 11) is -3.30. The maximum Gasteiger partial charge on any atom is 0.319 e. The van der Waals surface area contributed by atoms with Crippen molar-refractivity contribution >= 4 is 25.6 Å². The van der Waals surface area contributed by atoms with E-state index in [1.165, 1.54) is 0 Å². The van der Waals surface area contributed by atoms with Crippen molar-refractivity contribution in [2.24, 2.45) is 0 Å². The average molecular weight is 261 g/mol. The lowest BCUT2D eigenvalue weighted by molar-refractivity contribution is 0.503. The number of hydrogen-bond donors (Lipinski definition) is 2. The number of anilines is 1. The van der Waals surface area contributed by atoms with Crippen LogP contribution >= 0.6 is 10.8 Å². The summed E-state index contributed by atoms with van der Waals surface area (Å²) in [4.78, 5) is 0. The van der Waals surface area contributed by atoms with E-state index < -0.39 is 9.15 Å². The van der Waals surface area contributed by atoms with E-state index in [4.69, 9.17) is 10.3 Å². The summed E-state index contributed by atoms with van der Waals surface area (Å²) in [5, 5.41) is 0. The zero-order chi connectivity index (χ0) is 12.0. The standard InChI is InChI=1S/C10H15NO3S2/c11-10-6-3-5-9(8-10)4-1-2-7-15-16(12,13)14/h3,5-6,8H,1-2,4,7,11H2,(H,12,13,14). The van der Waals surface area contributed by atoms with Crippen molar-refractivity contribution in [3.63, 3.8) is 0 Å². The smallest absolute Gasteiger partial charge is 0.319 e. The maximum atomic E-state index is 10.4. The molecule has 3 N–H and O–H groups in total. The first-order chi connectivity index (χ1) is 7.47. The van der Waals surface area contributed by atoms with Gasteiger partial charge in [0.1, 0.15) is 0 Å². The monoisotopic (exact) mass is 261 g/mol. The van der Waals surface area contributed by atoms with Crippen LogP contribution in [0.25, 0.3) is 0 Å². The minimum Gasteiger partial charge on any atom is -0.399 e. The minimum atomic E-state index is -3.88. The van der Waals surface area contributed by atoms with Gasteiger partial charge in [-0.05, 0) is 47.8 Å². The predicted octanol–water partition coefficient (Wildman–Crippen LogP) is 2.13. The summed E-state index contributed by atoms with van der Waals surface area (Å²) in [6, 6.07) is 7.64. The predicted molar refractivity (Wildman–Crippen MR) is 67.8 cm³/mol. The highest BCUT2D eigenvalue weighted by molar-refractivity contribution is 8.69. The van der Waals surface area contributed by atoms with Crippen molar-refractivity contribution in [2.75, 3.05) is 11.5 Å². The van der Waals surface area contributed by atoms with Crippen LogP contribution in [0.2, 0.25) is 0 Å². The van der Waals surface area contributed by atoms with Gasteiger partial charge in [0, 0.05) is 11.4 Å². The van der Waals surface area contributed by atoms with E-state index in [2.05, 4.69) is 0 Å². The molecule has 0 aromatic heterocycles. The number of unbranched alkanes of at least 4 members (excludes halogenated alkanes) is 1. The molecule has 0 saturated carbocycles. The Hall–Kier alpha value is -0.720. The van der Waals surface area contributed by atoms with Gasteiger partial charge in [-0.2, -0.15) is 8.42 Å². The summed E-state index contributed by atoms with van der Waals surface area (Å²) >= 11 is 0. The number of nitrogen functional groups attached to an aromatic ring is 1. The zero-order valence-electron chi connectivity index (χ0n) is 8.80. The zero-order valence-corrected chi connectivity index (χ0v) is 10.4. The lowest BCUT2D eigenvalue weighted by Crippen LogP contribution is -1.94. The Morgan fingerprint density at radius 2 is 2.06 bits per heavy atom. The molecule has 0 fully saturated rings. The third kappa shape index (κ3) is 5.99. The SMILES string of the molecule is Nc1cccc(CCCCSS(=O)(=O)O)c1. The molecular formula is C10H15NO3S2. The summed E-state index contributed by atoms with van der Waals surface area (Å²) in [5.41, 5.74) is 7.52. The normalized spacial score (nSPS) is 11.6. The molecule has 1 rings (SSSR count). The Balaban J connectivity index is 2.21. The number of hydrogen-bond acceptors (Lipinski definition) is 4. The van der Waals surface area contributed by atoms with Crippen LogP contribution < -0.4 is 5.73 Å². The molecule has 0 heterocycles.